The molecular weight excluding hydrogens is 620 g/mol. The lowest BCUT2D eigenvalue weighted by Crippen LogP contribution is -2.60. The number of nitrogens with zero attached hydrogens (tertiary/aromatic N) is 1. The smallest absolute Gasteiger partial charge is 0.252 e. The van der Waals surface area contributed by atoms with Crippen LogP contribution >= 0.6 is 0 Å². The van der Waals surface area contributed by atoms with Gasteiger partial charge in [-0.1, -0.05) is 0 Å². The number of rotatable bonds is 12. The summed E-state index contributed by atoms with van der Waals surface area (Å²) in [4.78, 5) is 39.7. The molecule has 0 heterocycles. The van der Waals surface area contributed by atoms with E-state index in [4.69, 9.17) is 0 Å². The number of aliphatic hydroxyl groups excluding tert-OH is 9. The van der Waals surface area contributed by atoms with Crippen molar-refractivity contribution in [2.75, 3.05) is 39.3 Å². The molecule has 19 nitrogen and oxygen atoms in total. The average molecular weight is 669 g/mol. The van der Waals surface area contributed by atoms with Gasteiger partial charge in [0.05, 0.1) is 36.6 Å². The molecule has 0 radical (unpaired) electrons. The number of aliphatic hydroxyl groups is 12. The van der Waals surface area contributed by atoms with Crippen LogP contribution in [0.25, 0.3) is 0 Å². The lowest BCUT2D eigenvalue weighted by molar-refractivity contribution is -0.173. The molecule has 19 heteroatoms. The second-order valence-corrected chi connectivity index (χ2v) is 12.8. The highest BCUT2D eigenvalue weighted by Gasteiger charge is 2.50. The van der Waals surface area contributed by atoms with E-state index in [-0.39, 0.29) is 39.3 Å². The summed E-state index contributed by atoms with van der Waals surface area (Å²) in [7, 11) is 0. The van der Waals surface area contributed by atoms with Gasteiger partial charge in [0.15, 0.2) is 0 Å². The first kappa shape index (κ1) is 38.3. The molecule has 3 rings (SSSR count). The van der Waals surface area contributed by atoms with E-state index in [2.05, 4.69) is 16.0 Å². The van der Waals surface area contributed by atoms with Crippen LogP contribution < -0.4 is 16.0 Å². The van der Waals surface area contributed by atoms with E-state index in [9.17, 15) is 75.7 Å². The minimum atomic E-state index is -2.17. The number of carbonyl (C=O) groups excluding carboxylic acids is 3. The van der Waals surface area contributed by atoms with Crippen LogP contribution in [0.3, 0.4) is 0 Å². The summed E-state index contributed by atoms with van der Waals surface area (Å²) in [6.45, 7) is -0.205. The molecule has 3 amide bonds. The largest absolute Gasteiger partial charge is 0.390 e. The molecule has 3 saturated carbocycles. The highest BCUT2D eigenvalue weighted by atomic mass is 16.4. The summed E-state index contributed by atoms with van der Waals surface area (Å²) in [5.41, 5.74) is -6.50. The van der Waals surface area contributed by atoms with Crippen LogP contribution in [-0.4, -0.2) is 195 Å². The van der Waals surface area contributed by atoms with E-state index in [1.54, 1.807) is 4.90 Å². The Morgan fingerprint density at radius 1 is 0.457 bits per heavy atom. The zero-order valence-corrected chi connectivity index (χ0v) is 25.2. The Morgan fingerprint density at radius 2 is 0.652 bits per heavy atom. The minimum Gasteiger partial charge on any atom is -0.390 e. The third-order valence-electron chi connectivity index (χ3n) is 9.06. The highest BCUT2D eigenvalue weighted by molar-refractivity contribution is 5.86. The van der Waals surface area contributed by atoms with E-state index in [0.717, 1.165) is 0 Å². The van der Waals surface area contributed by atoms with E-state index in [0.29, 0.717) is 0 Å². The van der Waals surface area contributed by atoms with Gasteiger partial charge in [0, 0.05) is 77.8 Å². The van der Waals surface area contributed by atoms with E-state index < -0.39 is 128 Å². The summed E-state index contributed by atoms with van der Waals surface area (Å²) >= 11 is 0. The fourth-order valence-electron chi connectivity index (χ4n) is 6.19. The van der Waals surface area contributed by atoms with Crippen molar-refractivity contribution in [3.05, 3.63) is 0 Å². The molecule has 0 bridgehead atoms. The lowest BCUT2D eigenvalue weighted by Gasteiger charge is -2.39. The molecule has 0 aliphatic heterocycles. The molecule has 0 aromatic rings. The van der Waals surface area contributed by atoms with Gasteiger partial charge in [-0.25, -0.2) is 0 Å². The first-order valence-corrected chi connectivity index (χ1v) is 15.2. The fraction of sp³-hybridized carbons (Fsp3) is 0.889. The van der Waals surface area contributed by atoms with Crippen LogP contribution in [0.5, 0.6) is 0 Å². The van der Waals surface area contributed by atoms with Gasteiger partial charge in [0.2, 0.25) is 0 Å². The van der Waals surface area contributed by atoms with E-state index in [1.807, 2.05) is 0 Å². The number of amides is 3. The van der Waals surface area contributed by atoms with Crippen LogP contribution in [0.15, 0.2) is 0 Å². The first-order valence-electron chi connectivity index (χ1n) is 15.2. The summed E-state index contributed by atoms with van der Waals surface area (Å²) in [5.74, 6) is -2.76. The molecule has 0 aromatic carbocycles. The van der Waals surface area contributed by atoms with Gasteiger partial charge in [-0.15, -0.1) is 0 Å². The van der Waals surface area contributed by atoms with Crippen LogP contribution in [0.2, 0.25) is 0 Å². The molecule has 266 valence electrons. The summed E-state index contributed by atoms with van der Waals surface area (Å²) in [6.07, 6.45) is -17.0. The zero-order chi connectivity index (χ0) is 34.6. The van der Waals surface area contributed by atoms with Crippen LogP contribution in [0, 0.1) is 0 Å². The SMILES string of the molecule is O=C(NCCN(CCNC(=O)[C@]1(O)C[C@@H](O)[C@@H](O)[C@H](O)C1)CCNC(=O)[C@]1(O)C[C@H](O)[C@@H](O)[C@@H](O)C1)[C@]1(O)C[C@@H](O)[C@@H](O)[C@H](O)C1. The Kier molecular flexibility index (Phi) is 12.8. The molecule has 6 atom stereocenters. The fourth-order valence-corrected chi connectivity index (χ4v) is 6.19. The predicted octanol–water partition coefficient (Wildman–Crippen LogP) is -8.54. The molecule has 15 N–H and O–H groups in total. The van der Waals surface area contributed by atoms with Crippen molar-refractivity contribution < 1.29 is 75.7 Å². The Hall–Kier alpha value is -2.11. The third-order valence-corrected chi connectivity index (χ3v) is 9.06. The Bertz CT molecular complexity index is 904. The number of carbonyl (C=O) groups is 3. The Labute approximate surface area is 264 Å². The predicted molar refractivity (Wildman–Crippen MR) is 152 cm³/mol. The van der Waals surface area contributed by atoms with Gasteiger partial charge in [0.25, 0.3) is 17.7 Å². The zero-order valence-electron chi connectivity index (χ0n) is 25.2. The number of nitrogens with one attached hydrogen (secondary N) is 3. The van der Waals surface area contributed by atoms with Crippen molar-refractivity contribution in [3.8, 4) is 0 Å². The van der Waals surface area contributed by atoms with Gasteiger partial charge >= 0.3 is 0 Å². The standard InChI is InChI=1S/C27H48N4O15/c32-13-7-25(44,8-14(33)19(13)38)22(41)28-1-4-31(5-2-29-23(42)26(45)9-15(34)20(39)16(35)10-26)6-3-30-24(43)27(46)11-17(36)21(40)18(37)12-27/h13-21,32-40,44-46H,1-12H2,(H,28,41)(H,29,42)(H,30,43)/t13-,14-,15-,16-,17+,18+,19-,20-,21-,25+,26+,27+/m1/s1. The van der Waals surface area contributed by atoms with Gasteiger partial charge in [0.1, 0.15) is 35.1 Å². The maximum atomic E-state index is 12.7. The molecule has 3 aliphatic carbocycles. The maximum absolute atomic E-state index is 12.7. The number of hydrogen-bond donors (Lipinski definition) is 15. The molecule has 46 heavy (non-hydrogen) atoms. The lowest BCUT2D eigenvalue weighted by atomic mass is 9.79. The maximum Gasteiger partial charge on any atom is 0.252 e. The van der Waals surface area contributed by atoms with Gasteiger partial charge in [-0.05, 0) is 0 Å². The quantitative estimate of drug-likeness (QED) is 0.0918. The van der Waals surface area contributed by atoms with Crippen molar-refractivity contribution in [1.82, 2.24) is 20.9 Å². The van der Waals surface area contributed by atoms with Gasteiger partial charge < -0.3 is 77.2 Å². The van der Waals surface area contributed by atoms with E-state index >= 15 is 0 Å². The van der Waals surface area contributed by atoms with Crippen molar-refractivity contribution >= 4 is 17.7 Å². The summed E-state index contributed by atoms with van der Waals surface area (Å²) in [6, 6.07) is 0. The molecule has 0 saturated heterocycles. The second kappa shape index (κ2) is 15.4. The average Bonchev–Trinajstić information content (AvgIpc) is 2.96. The van der Waals surface area contributed by atoms with Crippen LogP contribution in [0.1, 0.15) is 38.5 Å². The molecule has 0 aromatic heterocycles. The highest BCUT2D eigenvalue weighted by Crippen LogP contribution is 2.31. The number of hydrogen-bond acceptors (Lipinski definition) is 16. The molecular formula is C27H48N4O15. The summed E-state index contributed by atoms with van der Waals surface area (Å²) in [5, 5.41) is 128. The molecule has 3 fully saturated rings. The van der Waals surface area contributed by atoms with Crippen LogP contribution in [0.4, 0.5) is 0 Å². The molecule has 0 spiro atoms. The summed E-state index contributed by atoms with van der Waals surface area (Å²) < 4.78 is 0. The third kappa shape index (κ3) is 9.07. The van der Waals surface area contributed by atoms with Gasteiger partial charge in [-0.2, -0.15) is 0 Å². The van der Waals surface area contributed by atoms with Crippen molar-refractivity contribution in [2.24, 2.45) is 0 Å². The normalized spacial score (nSPS) is 41.5. The molecule has 3 aliphatic rings. The minimum absolute atomic E-state index is 0.0447. The monoisotopic (exact) mass is 668 g/mol. The Balaban J connectivity index is 1.58. The van der Waals surface area contributed by atoms with Crippen molar-refractivity contribution in [1.29, 1.82) is 0 Å². The topological polar surface area (TPSA) is 333 Å². The Morgan fingerprint density at radius 3 is 0.848 bits per heavy atom. The first-order chi connectivity index (χ1) is 21.3. The van der Waals surface area contributed by atoms with E-state index in [1.165, 1.54) is 0 Å². The van der Waals surface area contributed by atoms with Crippen molar-refractivity contribution in [2.45, 2.75) is 110 Å². The van der Waals surface area contributed by atoms with Crippen LogP contribution in [-0.2, 0) is 14.4 Å². The van der Waals surface area contributed by atoms with Gasteiger partial charge in [-0.3, -0.25) is 19.3 Å². The van der Waals surface area contributed by atoms with Crippen molar-refractivity contribution in [3.63, 3.8) is 0 Å². The second-order valence-electron chi connectivity index (χ2n) is 12.8. The molecule has 0 unspecified atom stereocenters.